The number of hydrogen-bond acceptors (Lipinski definition) is 4. The number of likely N-dealkylation sites (tertiary alicyclic amines) is 1. The number of carbonyl (C=O) groups excluding carboxylic acids is 1. The Hall–Kier alpha value is -1.77. The van der Waals surface area contributed by atoms with E-state index in [1.165, 1.54) is 12.4 Å². The lowest BCUT2D eigenvalue weighted by atomic mass is 10.0. The van der Waals surface area contributed by atoms with Gasteiger partial charge >= 0.3 is 12.3 Å². The van der Waals surface area contributed by atoms with Crippen LogP contribution in [0, 0.1) is 0 Å². The summed E-state index contributed by atoms with van der Waals surface area (Å²) < 4.78 is 44.4. The second-order valence-electron chi connectivity index (χ2n) is 7.59. The smallest absolute Gasteiger partial charge is 0.407 e. The fraction of sp³-hybridized carbons (Fsp3) is 0.765. The van der Waals surface area contributed by atoms with Crippen molar-refractivity contribution >= 4 is 6.09 Å². The Labute approximate surface area is 151 Å². The van der Waals surface area contributed by atoms with Crippen molar-refractivity contribution in [3.8, 4) is 0 Å². The van der Waals surface area contributed by atoms with E-state index in [1.807, 2.05) is 0 Å². The number of alkyl carbamates (subject to hydrolysis) is 1. The Morgan fingerprint density at radius 2 is 2.08 bits per heavy atom. The summed E-state index contributed by atoms with van der Waals surface area (Å²) in [6.45, 7) is 5.81. The summed E-state index contributed by atoms with van der Waals surface area (Å²) in [6.07, 6.45) is 0.836. The third-order valence-electron chi connectivity index (χ3n) is 4.13. The predicted octanol–water partition coefficient (Wildman–Crippen LogP) is 3.32. The molecule has 1 N–H and O–H groups in total. The van der Waals surface area contributed by atoms with Gasteiger partial charge in [-0.1, -0.05) is 6.42 Å². The number of rotatable bonds is 5. The molecule has 1 amide bonds. The van der Waals surface area contributed by atoms with E-state index in [0.717, 1.165) is 30.4 Å². The highest BCUT2D eigenvalue weighted by Gasteiger charge is 2.30. The summed E-state index contributed by atoms with van der Waals surface area (Å²) in [6, 6.07) is 0.0484. The standard InChI is InChI=1S/C17H27F3N4O2/c1-16(2,3)26-15(25)22-10-13-6-4-5-8-23(13)11-14-21-7-9-24(14)12-17(18,19)20/h7,9,13H,4-6,8,10-12H2,1-3H3,(H,22,25). The van der Waals surface area contributed by atoms with Crippen molar-refractivity contribution in [3.63, 3.8) is 0 Å². The van der Waals surface area contributed by atoms with Crippen LogP contribution in [0.3, 0.4) is 0 Å². The molecule has 148 valence electrons. The first kappa shape index (κ1) is 20.5. The first-order valence-corrected chi connectivity index (χ1v) is 8.81. The highest BCUT2D eigenvalue weighted by atomic mass is 19.4. The number of ether oxygens (including phenoxy) is 1. The lowest BCUT2D eigenvalue weighted by molar-refractivity contribution is -0.141. The van der Waals surface area contributed by atoms with Crippen molar-refractivity contribution in [2.24, 2.45) is 0 Å². The van der Waals surface area contributed by atoms with Crippen molar-refractivity contribution in [3.05, 3.63) is 18.2 Å². The summed E-state index contributed by atoms with van der Waals surface area (Å²) in [5.74, 6) is 0.381. The van der Waals surface area contributed by atoms with E-state index in [1.54, 1.807) is 20.8 Å². The lowest BCUT2D eigenvalue weighted by Gasteiger charge is -2.35. The monoisotopic (exact) mass is 376 g/mol. The third kappa shape index (κ3) is 6.86. The molecule has 1 atom stereocenters. The van der Waals surface area contributed by atoms with Crippen molar-refractivity contribution in [1.82, 2.24) is 19.8 Å². The second-order valence-corrected chi connectivity index (χ2v) is 7.59. The van der Waals surface area contributed by atoms with Crippen LogP contribution in [-0.2, 0) is 17.8 Å². The van der Waals surface area contributed by atoms with Gasteiger partial charge in [0, 0.05) is 25.0 Å². The normalized spacial score (nSPS) is 19.4. The molecule has 2 rings (SSSR count). The van der Waals surface area contributed by atoms with Gasteiger partial charge in [0.1, 0.15) is 18.0 Å². The van der Waals surface area contributed by atoms with E-state index in [9.17, 15) is 18.0 Å². The van der Waals surface area contributed by atoms with Gasteiger partial charge in [-0.2, -0.15) is 13.2 Å². The highest BCUT2D eigenvalue weighted by molar-refractivity contribution is 5.67. The van der Waals surface area contributed by atoms with Crippen LogP contribution in [-0.4, -0.2) is 51.5 Å². The highest BCUT2D eigenvalue weighted by Crippen LogP contribution is 2.22. The number of nitrogens with one attached hydrogen (secondary N) is 1. The number of carbonyl (C=O) groups is 1. The summed E-state index contributed by atoms with van der Waals surface area (Å²) >= 11 is 0. The average molecular weight is 376 g/mol. The zero-order valence-electron chi connectivity index (χ0n) is 15.5. The molecule has 1 aromatic rings. The van der Waals surface area contributed by atoms with Gasteiger partial charge in [0.2, 0.25) is 0 Å². The summed E-state index contributed by atoms with van der Waals surface area (Å²) in [5, 5.41) is 2.76. The minimum Gasteiger partial charge on any atom is -0.444 e. The Morgan fingerprint density at radius 1 is 1.35 bits per heavy atom. The number of amides is 1. The van der Waals surface area contributed by atoms with E-state index in [2.05, 4.69) is 15.2 Å². The van der Waals surface area contributed by atoms with Crippen LogP contribution < -0.4 is 5.32 Å². The van der Waals surface area contributed by atoms with Crippen LogP contribution >= 0.6 is 0 Å². The Morgan fingerprint density at radius 3 is 2.73 bits per heavy atom. The van der Waals surface area contributed by atoms with Crippen LogP contribution in [0.5, 0.6) is 0 Å². The van der Waals surface area contributed by atoms with Crippen LogP contribution in [0.2, 0.25) is 0 Å². The lowest BCUT2D eigenvalue weighted by Crippen LogP contribution is -2.47. The van der Waals surface area contributed by atoms with E-state index >= 15 is 0 Å². The molecule has 0 aliphatic carbocycles. The van der Waals surface area contributed by atoms with Gasteiger partial charge in [-0.25, -0.2) is 9.78 Å². The van der Waals surface area contributed by atoms with E-state index in [-0.39, 0.29) is 6.04 Å². The quantitative estimate of drug-likeness (QED) is 0.856. The number of piperidine rings is 1. The molecule has 26 heavy (non-hydrogen) atoms. The molecule has 1 fully saturated rings. The molecule has 0 aromatic carbocycles. The molecule has 0 saturated carbocycles. The number of aromatic nitrogens is 2. The van der Waals surface area contributed by atoms with Crippen LogP contribution in [0.15, 0.2) is 12.4 Å². The number of nitrogens with zero attached hydrogens (tertiary/aromatic N) is 3. The molecule has 2 heterocycles. The van der Waals surface area contributed by atoms with E-state index in [0.29, 0.717) is 18.9 Å². The van der Waals surface area contributed by atoms with Gasteiger partial charge < -0.3 is 14.6 Å². The van der Waals surface area contributed by atoms with Crippen molar-refractivity contribution in [1.29, 1.82) is 0 Å². The van der Waals surface area contributed by atoms with Crippen molar-refractivity contribution in [2.75, 3.05) is 13.1 Å². The van der Waals surface area contributed by atoms with Gasteiger partial charge in [-0.15, -0.1) is 0 Å². The Balaban J connectivity index is 1.95. The maximum atomic E-state index is 12.7. The van der Waals surface area contributed by atoms with Gasteiger partial charge in [-0.05, 0) is 40.2 Å². The van der Waals surface area contributed by atoms with Gasteiger partial charge in [0.25, 0.3) is 0 Å². The SMILES string of the molecule is CC(C)(C)OC(=O)NCC1CCCCN1Cc1nccn1CC(F)(F)F. The summed E-state index contributed by atoms with van der Waals surface area (Å²) in [7, 11) is 0. The molecule has 1 unspecified atom stereocenters. The average Bonchev–Trinajstić information content (AvgIpc) is 2.89. The van der Waals surface area contributed by atoms with Crippen LogP contribution in [0.4, 0.5) is 18.0 Å². The topological polar surface area (TPSA) is 59.4 Å². The minimum absolute atomic E-state index is 0.0484. The minimum atomic E-state index is -4.28. The van der Waals surface area contributed by atoms with E-state index in [4.69, 9.17) is 4.74 Å². The van der Waals surface area contributed by atoms with E-state index < -0.39 is 24.4 Å². The molecule has 0 bridgehead atoms. The maximum Gasteiger partial charge on any atom is 0.407 e. The molecule has 0 spiro atoms. The zero-order chi connectivity index (χ0) is 19.4. The van der Waals surface area contributed by atoms with Crippen molar-refractivity contribution in [2.45, 2.75) is 70.9 Å². The number of alkyl halides is 3. The maximum absolute atomic E-state index is 12.7. The summed E-state index contributed by atoms with van der Waals surface area (Å²) in [5.41, 5.74) is -0.571. The Kier molecular flexibility index (Phi) is 6.54. The molecule has 1 aliphatic heterocycles. The van der Waals surface area contributed by atoms with Crippen LogP contribution in [0.1, 0.15) is 45.9 Å². The second kappa shape index (κ2) is 8.28. The molecule has 1 aliphatic rings. The molecule has 1 saturated heterocycles. The van der Waals surface area contributed by atoms with Crippen molar-refractivity contribution < 1.29 is 22.7 Å². The fourth-order valence-electron chi connectivity index (χ4n) is 3.03. The van der Waals surface area contributed by atoms with Gasteiger partial charge in [-0.3, -0.25) is 4.90 Å². The van der Waals surface area contributed by atoms with Gasteiger partial charge in [0.15, 0.2) is 0 Å². The molecular weight excluding hydrogens is 349 g/mol. The predicted molar refractivity (Wildman–Crippen MR) is 90.6 cm³/mol. The largest absolute Gasteiger partial charge is 0.444 e. The molecule has 6 nitrogen and oxygen atoms in total. The Bertz CT molecular complexity index is 596. The first-order chi connectivity index (χ1) is 12.0. The first-order valence-electron chi connectivity index (χ1n) is 8.81. The molecule has 0 radical (unpaired) electrons. The zero-order valence-corrected chi connectivity index (χ0v) is 15.5. The number of halogens is 3. The van der Waals surface area contributed by atoms with Crippen LogP contribution in [0.25, 0.3) is 0 Å². The number of imidazole rings is 1. The van der Waals surface area contributed by atoms with Gasteiger partial charge in [0.05, 0.1) is 6.54 Å². The molecular formula is C17H27F3N4O2. The fourth-order valence-corrected chi connectivity index (χ4v) is 3.03. The third-order valence-corrected chi connectivity index (χ3v) is 4.13. The summed E-state index contributed by atoms with van der Waals surface area (Å²) in [4.78, 5) is 18.0. The molecule has 9 heteroatoms. The molecule has 1 aromatic heterocycles. The number of hydrogen-bond donors (Lipinski definition) is 1.